The Labute approximate surface area is 102 Å². The van der Waals surface area contributed by atoms with Crippen molar-refractivity contribution in [1.29, 1.82) is 0 Å². The average Bonchev–Trinajstić information content (AvgIpc) is 2.73. The minimum Gasteiger partial charge on any atom is -0.390 e. The van der Waals surface area contributed by atoms with Gasteiger partial charge in [0.05, 0.1) is 12.2 Å². The monoisotopic (exact) mass is 255 g/mol. The number of hydrogen-bond donors (Lipinski definition) is 2. The smallest absolute Gasteiger partial charge is 0.390 e. The highest BCUT2D eigenvalue weighted by atomic mass is 19.4. The van der Waals surface area contributed by atoms with Gasteiger partial charge in [-0.15, -0.1) is 0 Å². The van der Waals surface area contributed by atoms with Crippen LogP contribution in [0, 0.1) is 0 Å². The van der Waals surface area contributed by atoms with Gasteiger partial charge in [-0.3, -0.25) is 0 Å². The van der Waals surface area contributed by atoms with Crippen molar-refractivity contribution in [3.63, 3.8) is 0 Å². The molecule has 5 heteroatoms. The van der Waals surface area contributed by atoms with Gasteiger partial charge in [-0.1, -0.05) is 30.3 Å². The summed E-state index contributed by atoms with van der Waals surface area (Å²) in [6, 6.07) is 8.86. The minimum atomic E-state index is -4.41. The fourth-order valence-corrected chi connectivity index (χ4v) is 1.89. The normalized spacial score (nSPS) is 11.8. The van der Waals surface area contributed by atoms with Crippen LogP contribution in [0.2, 0.25) is 0 Å². The van der Waals surface area contributed by atoms with Crippen molar-refractivity contribution in [1.82, 2.24) is 4.98 Å². The standard InChI is InChI=1S/C13H12F3NO/c14-13(15,16)11-7-17-12(8-18)10(11)6-9-4-2-1-3-5-9/h1-5,7,17-18H,6,8H2. The van der Waals surface area contributed by atoms with Gasteiger partial charge in [0.1, 0.15) is 0 Å². The maximum absolute atomic E-state index is 12.8. The van der Waals surface area contributed by atoms with Gasteiger partial charge >= 0.3 is 6.18 Å². The fraction of sp³-hybridized carbons (Fsp3) is 0.231. The molecule has 2 N–H and O–H groups in total. The van der Waals surface area contributed by atoms with Crippen LogP contribution in [0.3, 0.4) is 0 Å². The van der Waals surface area contributed by atoms with Crippen molar-refractivity contribution in [3.05, 3.63) is 58.9 Å². The zero-order valence-corrected chi connectivity index (χ0v) is 9.46. The Balaban J connectivity index is 2.39. The highest BCUT2D eigenvalue weighted by molar-refractivity contribution is 5.37. The van der Waals surface area contributed by atoms with Crippen LogP contribution >= 0.6 is 0 Å². The lowest BCUT2D eigenvalue weighted by molar-refractivity contribution is -0.138. The average molecular weight is 255 g/mol. The lowest BCUT2D eigenvalue weighted by Crippen LogP contribution is -2.08. The van der Waals surface area contributed by atoms with E-state index < -0.39 is 18.3 Å². The number of benzene rings is 1. The van der Waals surface area contributed by atoms with Crippen LogP contribution < -0.4 is 0 Å². The summed E-state index contributed by atoms with van der Waals surface area (Å²) in [6.45, 7) is -0.432. The second kappa shape index (κ2) is 4.86. The number of aromatic amines is 1. The number of aliphatic hydroxyl groups excluding tert-OH is 1. The van der Waals surface area contributed by atoms with Gasteiger partial charge in [-0.05, 0) is 17.5 Å². The van der Waals surface area contributed by atoms with Crippen LogP contribution in [0.4, 0.5) is 13.2 Å². The van der Waals surface area contributed by atoms with E-state index in [1.807, 2.05) is 0 Å². The van der Waals surface area contributed by atoms with Gasteiger partial charge in [-0.25, -0.2) is 0 Å². The molecule has 2 aromatic rings. The topological polar surface area (TPSA) is 36.0 Å². The van der Waals surface area contributed by atoms with E-state index in [1.54, 1.807) is 30.3 Å². The Morgan fingerprint density at radius 2 is 1.78 bits per heavy atom. The molecular formula is C13H12F3NO. The zero-order chi connectivity index (χ0) is 13.2. The molecule has 0 saturated heterocycles. The van der Waals surface area contributed by atoms with Crippen molar-refractivity contribution in [2.24, 2.45) is 0 Å². The molecule has 1 aromatic heterocycles. The van der Waals surface area contributed by atoms with Crippen LogP contribution in [0.25, 0.3) is 0 Å². The first kappa shape index (κ1) is 12.7. The van der Waals surface area contributed by atoms with E-state index in [0.717, 1.165) is 11.8 Å². The molecule has 2 rings (SSSR count). The SMILES string of the molecule is OCc1[nH]cc(C(F)(F)F)c1Cc1ccccc1. The fourth-order valence-electron chi connectivity index (χ4n) is 1.89. The summed E-state index contributed by atoms with van der Waals surface area (Å²) in [7, 11) is 0. The molecule has 18 heavy (non-hydrogen) atoms. The lowest BCUT2D eigenvalue weighted by Gasteiger charge is -2.09. The number of H-pyrrole nitrogens is 1. The molecule has 0 amide bonds. The number of rotatable bonds is 3. The lowest BCUT2D eigenvalue weighted by atomic mass is 10.0. The highest BCUT2D eigenvalue weighted by Gasteiger charge is 2.35. The first-order valence-electron chi connectivity index (χ1n) is 5.43. The second-order valence-corrected chi connectivity index (χ2v) is 3.98. The number of hydrogen-bond acceptors (Lipinski definition) is 1. The van der Waals surface area contributed by atoms with E-state index >= 15 is 0 Å². The Bertz CT molecular complexity index is 517. The molecule has 0 fully saturated rings. The molecule has 0 unspecified atom stereocenters. The zero-order valence-electron chi connectivity index (χ0n) is 9.46. The molecule has 0 aliphatic carbocycles. The van der Waals surface area contributed by atoms with Crippen molar-refractivity contribution in [2.45, 2.75) is 19.2 Å². The minimum absolute atomic E-state index is 0.108. The third-order valence-corrected chi connectivity index (χ3v) is 2.77. The van der Waals surface area contributed by atoms with Crippen LogP contribution in [0.5, 0.6) is 0 Å². The molecule has 1 heterocycles. The predicted molar refractivity (Wildman–Crippen MR) is 61.0 cm³/mol. The summed E-state index contributed by atoms with van der Waals surface area (Å²) >= 11 is 0. The summed E-state index contributed by atoms with van der Waals surface area (Å²) in [5.41, 5.74) is 0.384. The van der Waals surface area contributed by atoms with Crippen molar-refractivity contribution < 1.29 is 18.3 Å². The van der Waals surface area contributed by atoms with E-state index in [-0.39, 0.29) is 17.7 Å². The number of alkyl halides is 3. The molecule has 0 saturated carbocycles. The molecule has 0 radical (unpaired) electrons. The summed E-state index contributed by atoms with van der Waals surface area (Å²) < 4.78 is 38.4. The Kier molecular flexibility index (Phi) is 3.43. The molecule has 0 bridgehead atoms. The summed E-state index contributed by atoms with van der Waals surface area (Å²) in [6.07, 6.45) is -3.35. The van der Waals surface area contributed by atoms with E-state index in [9.17, 15) is 13.2 Å². The first-order valence-corrected chi connectivity index (χ1v) is 5.43. The third kappa shape index (κ3) is 2.56. The number of aliphatic hydroxyl groups is 1. The predicted octanol–water partition coefficient (Wildman–Crippen LogP) is 3.12. The van der Waals surface area contributed by atoms with E-state index in [0.29, 0.717) is 0 Å². The number of aromatic nitrogens is 1. The summed E-state index contributed by atoms with van der Waals surface area (Å²) in [5.74, 6) is 0. The van der Waals surface area contributed by atoms with E-state index in [4.69, 9.17) is 5.11 Å². The molecule has 2 nitrogen and oxygen atoms in total. The first-order chi connectivity index (χ1) is 8.52. The Hall–Kier alpha value is -1.75. The van der Waals surface area contributed by atoms with E-state index in [2.05, 4.69) is 4.98 Å². The molecule has 0 spiro atoms. The van der Waals surface area contributed by atoms with Crippen LogP contribution in [0.15, 0.2) is 36.5 Å². The maximum Gasteiger partial charge on any atom is 0.418 e. The maximum atomic E-state index is 12.8. The Morgan fingerprint density at radius 3 is 2.33 bits per heavy atom. The van der Waals surface area contributed by atoms with E-state index in [1.165, 1.54) is 0 Å². The molecule has 96 valence electrons. The molecule has 0 atom stereocenters. The van der Waals surface area contributed by atoms with Crippen molar-refractivity contribution >= 4 is 0 Å². The van der Waals surface area contributed by atoms with Crippen molar-refractivity contribution in [3.8, 4) is 0 Å². The van der Waals surface area contributed by atoms with Crippen molar-refractivity contribution in [2.75, 3.05) is 0 Å². The quantitative estimate of drug-likeness (QED) is 0.868. The molecule has 0 aliphatic rings. The van der Waals surface area contributed by atoms with Gasteiger partial charge in [0.25, 0.3) is 0 Å². The number of nitrogens with one attached hydrogen (secondary N) is 1. The Morgan fingerprint density at radius 1 is 1.11 bits per heavy atom. The third-order valence-electron chi connectivity index (χ3n) is 2.77. The molecular weight excluding hydrogens is 243 g/mol. The largest absolute Gasteiger partial charge is 0.418 e. The number of halogens is 3. The van der Waals surface area contributed by atoms with Crippen LogP contribution in [-0.2, 0) is 19.2 Å². The van der Waals surface area contributed by atoms with Gasteiger partial charge in [0.2, 0.25) is 0 Å². The molecule has 0 aliphatic heterocycles. The highest BCUT2D eigenvalue weighted by Crippen LogP contribution is 2.34. The van der Waals surface area contributed by atoms with Gasteiger partial charge < -0.3 is 10.1 Å². The summed E-state index contributed by atoms with van der Waals surface area (Å²) in [5, 5.41) is 9.08. The second-order valence-electron chi connectivity index (χ2n) is 3.98. The summed E-state index contributed by atoms with van der Waals surface area (Å²) in [4.78, 5) is 2.48. The van der Waals surface area contributed by atoms with Gasteiger partial charge in [0.15, 0.2) is 0 Å². The van der Waals surface area contributed by atoms with Crippen LogP contribution in [0.1, 0.15) is 22.4 Å². The molecule has 1 aromatic carbocycles. The van der Waals surface area contributed by atoms with Gasteiger partial charge in [0, 0.05) is 11.9 Å². The van der Waals surface area contributed by atoms with Crippen LogP contribution in [-0.4, -0.2) is 10.1 Å². The van der Waals surface area contributed by atoms with Gasteiger partial charge in [-0.2, -0.15) is 13.2 Å².